The van der Waals surface area contributed by atoms with E-state index in [4.69, 9.17) is 0 Å². The molecule has 0 bridgehead atoms. The molecule has 1 fully saturated rings. The number of hydrogen-bond acceptors (Lipinski definition) is 5. The lowest BCUT2D eigenvalue weighted by Gasteiger charge is -2.19. The van der Waals surface area contributed by atoms with E-state index in [9.17, 15) is 4.79 Å². The van der Waals surface area contributed by atoms with Gasteiger partial charge in [0.15, 0.2) is 10.1 Å². The van der Waals surface area contributed by atoms with Crippen LogP contribution in [0.5, 0.6) is 0 Å². The minimum atomic E-state index is -0.240. The van der Waals surface area contributed by atoms with Gasteiger partial charge in [-0.15, -0.1) is 22.7 Å². The summed E-state index contributed by atoms with van der Waals surface area (Å²) in [4.78, 5) is 23.0. The third kappa shape index (κ3) is 3.44. The molecule has 4 rings (SSSR count). The van der Waals surface area contributed by atoms with E-state index in [1.54, 1.807) is 22.7 Å². The number of imidazole rings is 1. The van der Waals surface area contributed by atoms with Gasteiger partial charge in [-0.05, 0) is 18.8 Å². The van der Waals surface area contributed by atoms with Gasteiger partial charge >= 0.3 is 6.03 Å². The highest BCUT2D eigenvalue weighted by Crippen LogP contribution is 2.36. The summed E-state index contributed by atoms with van der Waals surface area (Å²) in [6.45, 7) is 0.404. The third-order valence-corrected chi connectivity index (χ3v) is 6.17. The molecule has 0 aromatic carbocycles. The molecule has 126 valence electrons. The number of hydrogen-bond donors (Lipinski definition) is 2. The SMILES string of the molecule is O=C(NCc1cn2ccsc2n1)Nc1ncc(C2CCCCC2)s1. The minimum absolute atomic E-state index is 0.240. The van der Waals surface area contributed by atoms with E-state index >= 15 is 0 Å². The van der Waals surface area contributed by atoms with E-state index in [-0.39, 0.29) is 6.03 Å². The first-order valence-corrected chi connectivity index (χ1v) is 9.89. The Morgan fingerprint density at radius 3 is 3.04 bits per heavy atom. The molecule has 0 atom stereocenters. The summed E-state index contributed by atoms with van der Waals surface area (Å²) in [6.07, 6.45) is 12.2. The van der Waals surface area contributed by atoms with Gasteiger partial charge in [0.05, 0.1) is 12.2 Å². The minimum Gasteiger partial charge on any atom is -0.332 e. The maximum absolute atomic E-state index is 12.0. The number of fused-ring (bicyclic) bond motifs is 1. The van der Waals surface area contributed by atoms with Gasteiger partial charge in [0.2, 0.25) is 0 Å². The Morgan fingerprint density at radius 1 is 1.33 bits per heavy atom. The van der Waals surface area contributed by atoms with Crippen LogP contribution in [0.1, 0.15) is 48.6 Å². The van der Waals surface area contributed by atoms with Crippen molar-refractivity contribution in [2.45, 2.75) is 44.6 Å². The molecule has 2 amide bonds. The van der Waals surface area contributed by atoms with Crippen LogP contribution in [0.2, 0.25) is 0 Å². The normalized spacial score (nSPS) is 15.7. The molecule has 3 aromatic rings. The summed E-state index contributed by atoms with van der Waals surface area (Å²) < 4.78 is 1.96. The smallest absolute Gasteiger partial charge is 0.321 e. The van der Waals surface area contributed by atoms with Gasteiger partial charge in [0.25, 0.3) is 0 Å². The van der Waals surface area contributed by atoms with Crippen LogP contribution in [0.4, 0.5) is 9.93 Å². The van der Waals surface area contributed by atoms with Gasteiger partial charge in [-0.1, -0.05) is 19.3 Å². The second kappa shape index (κ2) is 6.90. The number of thiazole rings is 2. The molecule has 0 saturated heterocycles. The number of rotatable bonds is 4. The fourth-order valence-electron chi connectivity index (χ4n) is 3.09. The number of carbonyl (C=O) groups is 1. The van der Waals surface area contributed by atoms with Crippen molar-refractivity contribution in [3.63, 3.8) is 0 Å². The highest BCUT2D eigenvalue weighted by atomic mass is 32.1. The lowest BCUT2D eigenvalue weighted by Crippen LogP contribution is -2.28. The molecule has 6 nitrogen and oxygen atoms in total. The van der Waals surface area contributed by atoms with Gasteiger partial charge in [0.1, 0.15) is 0 Å². The molecule has 8 heteroatoms. The molecule has 1 aliphatic carbocycles. The Morgan fingerprint density at radius 2 is 2.21 bits per heavy atom. The lowest BCUT2D eigenvalue weighted by atomic mass is 9.89. The van der Waals surface area contributed by atoms with Crippen LogP contribution in [-0.4, -0.2) is 20.4 Å². The molecule has 2 N–H and O–H groups in total. The first-order valence-electron chi connectivity index (χ1n) is 8.19. The quantitative estimate of drug-likeness (QED) is 0.731. The van der Waals surface area contributed by atoms with Crippen LogP contribution in [-0.2, 0) is 6.54 Å². The van der Waals surface area contributed by atoms with Crippen molar-refractivity contribution in [3.8, 4) is 0 Å². The van der Waals surface area contributed by atoms with Gasteiger partial charge in [-0.25, -0.2) is 14.8 Å². The number of urea groups is 1. The summed E-state index contributed by atoms with van der Waals surface area (Å²) in [7, 11) is 0. The van der Waals surface area contributed by atoms with Crippen molar-refractivity contribution >= 4 is 38.8 Å². The summed E-state index contributed by atoms with van der Waals surface area (Å²) in [5.41, 5.74) is 0.846. The average molecular weight is 361 g/mol. The Balaban J connectivity index is 1.31. The third-order valence-electron chi connectivity index (χ3n) is 4.32. The molecule has 3 heterocycles. The number of nitrogens with one attached hydrogen (secondary N) is 2. The van der Waals surface area contributed by atoms with Crippen molar-refractivity contribution in [3.05, 3.63) is 34.5 Å². The Bertz CT molecular complexity index is 802. The zero-order valence-electron chi connectivity index (χ0n) is 13.2. The second-order valence-corrected chi connectivity index (χ2v) is 7.97. The van der Waals surface area contributed by atoms with Crippen LogP contribution in [0.25, 0.3) is 4.96 Å². The summed E-state index contributed by atoms with van der Waals surface area (Å²) in [5.74, 6) is 0.619. The topological polar surface area (TPSA) is 71.3 Å². The van der Waals surface area contributed by atoms with Crippen molar-refractivity contribution in [2.24, 2.45) is 0 Å². The van der Waals surface area contributed by atoms with Crippen LogP contribution >= 0.6 is 22.7 Å². The Kier molecular flexibility index (Phi) is 4.48. The van der Waals surface area contributed by atoms with Crippen LogP contribution in [0.15, 0.2) is 24.0 Å². The van der Waals surface area contributed by atoms with E-state index in [1.807, 2.05) is 28.4 Å². The van der Waals surface area contributed by atoms with Gasteiger partial charge in [-0.2, -0.15) is 0 Å². The summed E-state index contributed by atoms with van der Waals surface area (Å²) >= 11 is 3.17. The predicted molar refractivity (Wildman–Crippen MR) is 96.9 cm³/mol. The molecule has 0 radical (unpaired) electrons. The van der Waals surface area contributed by atoms with Crippen LogP contribution in [0, 0.1) is 0 Å². The number of amides is 2. The number of carbonyl (C=O) groups excluding carboxylic acids is 1. The number of nitrogens with zero attached hydrogens (tertiary/aromatic N) is 3. The largest absolute Gasteiger partial charge is 0.332 e. The standard InChI is InChI=1S/C16H19N5OS2/c22-14(17-8-12-10-21-6-7-23-16(21)19-12)20-15-18-9-13(24-15)11-4-2-1-3-5-11/h6-7,9-11H,1-5,8H2,(H2,17,18,20,22). The van der Waals surface area contributed by atoms with Crippen molar-refractivity contribution in [2.75, 3.05) is 5.32 Å². The van der Waals surface area contributed by atoms with E-state index in [0.29, 0.717) is 17.6 Å². The number of aromatic nitrogens is 3. The molecular weight excluding hydrogens is 342 g/mol. The van der Waals surface area contributed by atoms with Crippen molar-refractivity contribution in [1.29, 1.82) is 0 Å². The van der Waals surface area contributed by atoms with E-state index in [0.717, 1.165) is 10.7 Å². The summed E-state index contributed by atoms with van der Waals surface area (Å²) in [6, 6.07) is -0.240. The maximum Gasteiger partial charge on any atom is 0.321 e. The monoisotopic (exact) mass is 361 g/mol. The maximum atomic E-state index is 12.0. The Labute approximate surface area is 148 Å². The fraction of sp³-hybridized carbons (Fsp3) is 0.438. The number of anilines is 1. The molecule has 24 heavy (non-hydrogen) atoms. The van der Waals surface area contributed by atoms with Gasteiger partial charge in [-0.3, -0.25) is 9.72 Å². The molecular formula is C16H19N5OS2. The predicted octanol–water partition coefficient (Wildman–Crippen LogP) is 4.22. The van der Waals surface area contributed by atoms with Crippen LogP contribution < -0.4 is 10.6 Å². The van der Waals surface area contributed by atoms with E-state index in [2.05, 4.69) is 20.6 Å². The lowest BCUT2D eigenvalue weighted by molar-refractivity contribution is 0.251. The fourth-order valence-corrected chi connectivity index (χ4v) is 4.79. The first-order chi connectivity index (χ1) is 11.8. The second-order valence-electron chi connectivity index (χ2n) is 6.04. The van der Waals surface area contributed by atoms with Crippen molar-refractivity contribution in [1.82, 2.24) is 19.7 Å². The van der Waals surface area contributed by atoms with E-state index in [1.165, 1.54) is 37.0 Å². The molecule has 0 spiro atoms. The van der Waals surface area contributed by atoms with Crippen LogP contribution in [0.3, 0.4) is 0 Å². The molecule has 0 aliphatic heterocycles. The van der Waals surface area contributed by atoms with E-state index < -0.39 is 0 Å². The summed E-state index contributed by atoms with van der Waals surface area (Å²) in [5, 5.41) is 8.31. The van der Waals surface area contributed by atoms with Gasteiger partial charge < -0.3 is 5.32 Å². The molecule has 1 saturated carbocycles. The molecule has 1 aliphatic rings. The molecule has 3 aromatic heterocycles. The van der Waals surface area contributed by atoms with Crippen molar-refractivity contribution < 1.29 is 4.79 Å². The average Bonchev–Trinajstić information content (AvgIpc) is 3.29. The highest BCUT2D eigenvalue weighted by molar-refractivity contribution is 7.15. The molecule has 0 unspecified atom stereocenters. The zero-order valence-corrected chi connectivity index (χ0v) is 14.8. The highest BCUT2D eigenvalue weighted by Gasteiger charge is 2.18. The zero-order chi connectivity index (χ0) is 16.4. The van der Waals surface area contributed by atoms with Gasteiger partial charge in [0, 0.05) is 28.8 Å². The first kappa shape index (κ1) is 15.6. The Hall–Kier alpha value is -1.93.